The van der Waals surface area contributed by atoms with Crippen LogP contribution in [0.5, 0.6) is 5.88 Å². The van der Waals surface area contributed by atoms with Gasteiger partial charge in [0, 0.05) is 6.54 Å². The van der Waals surface area contributed by atoms with Crippen molar-refractivity contribution in [3.63, 3.8) is 0 Å². The van der Waals surface area contributed by atoms with E-state index in [1.54, 1.807) is 6.20 Å². The molecule has 2 N–H and O–H groups in total. The summed E-state index contributed by atoms with van der Waals surface area (Å²) in [5, 5.41) is 0. The summed E-state index contributed by atoms with van der Waals surface area (Å²) in [4.78, 5) is 9.79. The normalized spacial score (nSPS) is 10.6. The number of nitrogens with zero attached hydrogens (tertiary/aromatic N) is 3. The second-order valence-electron chi connectivity index (χ2n) is 3.03. The van der Waals surface area contributed by atoms with Crippen molar-refractivity contribution in [1.82, 2.24) is 14.9 Å². The van der Waals surface area contributed by atoms with Gasteiger partial charge in [0.1, 0.15) is 6.61 Å². The summed E-state index contributed by atoms with van der Waals surface area (Å²) >= 11 is 3.28. The van der Waals surface area contributed by atoms with Crippen molar-refractivity contribution in [3.05, 3.63) is 10.7 Å². The Kier molecular flexibility index (Phi) is 4.09. The Bertz CT molecular complexity index is 305. The lowest BCUT2D eigenvalue weighted by atomic mass is 10.6. The monoisotopic (exact) mass is 260 g/mol. The van der Waals surface area contributed by atoms with Crippen LogP contribution >= 0.6 is 15.9 Å². The first-order chi connectivity index (χ1) is 6.59. The predicted molar refractivity (Wildman–Crippen MR) is 58.2 cm³/mol. The van der Waals surface area contributed by atoms with Crippen molar-refractivity contribution in [2.24, 2.45) is 0 Å². The lowest BCUT2D eigenvalue weighted by Gasteiger charge is -2.11. The van der Waals surface area contributed by atoms with E-state index in [-0.39, 0.29) is 5.95 Å². The van der Waals surface area contributed by atoms with E-state index in [1.165, 1.54) is 0 Å². The first kappa shape index (κ1) is 11.2. The SMILES string of the molecule is CN(C)CCOc1nc(N)ncc1Br. The number of anilines is 1. The zero-order valence-electron chi connectivity index (χ0n) is 8.20. The fourth-order valence-electron chi connectivity index (χ4n) is 0.790. The Morgan fingerprint density at radius 3 is 2.93 bits per heavy atom. The van der Waals surface area contributed by atoms with Gasteiger partial charge in [-0.15, -0.1) is 0 Å². The highest BCUT2D eigenvalue weighted by atomic mass is 79.9. The van der Waals surface area contributed by atoms with E-state index in [0.29, 0.717) is 17.0 Å². The van der Waals surface area contributed by atoms with Gasteiger partial charge < -0.3 is 15.4 Å². The molecule has 78 valence electrons. The number of hydrogen-bond acceptors (Lipinski definition) is 5. The molecule has 0 spiro atoms. The molecule has 1 rings (SSSR count). The molecule has 6 heteroatoms. The van der Waals surface area contributed by atoms with Gasteiger partial charge in [0.25, 0.3) is 0 Å². The second-order valence-corrected chi connectivity index (χ2v) is 3.89. The molecule has 0 radical (unpaired) electrons. The quantitative estimate of drug-likeness (QED) is 0.866. The van der Waals surface area contributed by atoms with E-state index in [4.69, 9.17) is 10.5 Å². The Morgan fingerprint density at radius 1 is 1.57 bits per heavy atom. The Hall–Kier alpha value is -0.880. The van der Waals surface area contributed by atoms with Crippen LogP contribution in [0.1, 0.15) is 0 Å². The Morgan fingerprint density at radius 2 is 2.29 bits per heavy atom. The molecule has 0 atom stereocenters. The topological polar surface area (TPSA) is 64.3 Å². The number of nitrogens with two attached hydrogens (primary N) is 1. The summed E-state index contributed by atoms with van der Waals surface area (Å²) in [5.41, 5.74) is 5.43. The van der Waals surface area contributed by atoms with Gasteiger partial charge in [0.15, 0.2) is 0 Å². The van der Waals surface area contributed by atoms with Crippen LogP contribution in [0.3, 0.4) is 0 Å². The number of aromatic nitrogens is 2. The van der Waals surface area contributed by atoms with Crippen molar-refractivity contribution in [1.29, 1.82) is 0 Å². The minimum atomic E-state index is 0.216. The molecule has 0 unspecified atom stereocenters. The van der Waals surface area contributed by atoms with E-state index in [9.17, 15) is 0 Å². The first-order valence-corrected chi connectivity index (χ1v) is 4.94. The largest absolute Gasteiger partial charge is 0.475 e. The number of hydrogen-bond donors (Lipinski definition) is 1. The molecule has 0 amide bonds. The van der Waals surface area contributed by atoms with Crippen molar-refractivity contribution < 1.29 is 4.74 Å². The molecule has 0 aliphatic carbocycles. The average Bonchev–Trinajstić information content (AvgIpc) is 2.10. The lowest BCUT2D eigenvalue weighted by Crippen LogP contribution is -2.20. The highest BCUT2D eigenvalue weighted by Gasteiger charge is 2.04. The van der Waals surface area contributed by atoms with Gasteiger partial charge >= 0.3 is 0 Å². The van der Waals surface area contributed by atoms with Crippen LogP contribution in [0.4, 0.5) is 5.95 Å². The van der Waals surface area contributed by atoms with E-state index in [2.05, 4.69) is 25.9 Å². The summed E-state index contributed by atoms with van der Waals surface area (Å²) < 4.78 is 6.12. The van der Waals surface area contributed by atoms with Crippen LogP contribution in [0.15, 0.2) is 10.7 Å². The summed E-state index contributed by atoms with van der Waals surface area (Å²) in [5.74, 6) is 0.701. The number of rotatable bonds is 4. The van der Waals surface area contributed by atoms with Crippen molar-refractivity contribution in [3.8, 4) is 5.88 Å². The average molecular weight is 261 g/mol. The fourth-order valence-corrected chi connectivity index (χ4v) is 1.10. The van der Waals surface area contributed by atoms with E-state index in [0.717, 1.165) is 6.54 Å². The molecular formula is C8H13BrN4O. The summed E-state index contributed by atoms with van der Waals surface area (Å²) in [6, 6.07) is 0. The highest BCUT2D eigenvalue weighted by Crippen LogP contribution is 2.21. The molecular weight excluding hydrogens is 248 g/mol. The highest BCUT2D eigenvalue weighted by molar-refractivity contribution is 9.10. The van der Waals surface area contributed by atoms with Crippen LogP contribution in [-0.2, 0) is 0 Å². The van der Waals surface area contributed by atoms with Gasteiger partial charge in [-0.25, -0.2) is 4.98 Å². The Balaban J connectivity index is 2.53. The molecule has 1 aromatic heterocycles. The minimum Gasteiger partial charge on any atom is -0.475 e. The van der Waals surface area contributed by atoms with Crippen molar-refractivity contribution >= 4 is 21.9 Å². The molecule has 0 aliphatic heterocycles. The molecule has 0 aromatic carbocycles. The summed E-state index contributed by atoms with van der Waals surface area (Å²) in [7, 11) is 3.96. The smallest absolute Gasteiger partial charge is 0.232 e. The second kappa shape index (κ2) is 5.11. The predicted octanol–water partition coefficient (Wildman–Crippen LogP) is 0.762. The Labute approximate surface area is 91.4 Å². The van der Waals surface area contributed by atoms with Crippen molar-refractivity contribution in [2.75, 3.05) is 33.0 Å². The van der Waals surface area contributed by atoms with Crippen LogP contribution in [0, 0.1) is 0 Å². The summed E-state index contributed by atoms with van der Waals surface area (Å²) in [6.07, 6.45) is 1.58. The van der Waals surface area contributed by atoms with Gasteiger partial charge in [0.05, 0.1) is 10.7 Å². The van der Waals surface area contributed by atoms with Gasteiger partial charge in [0.2, 0.25) is 11.8 Å². The zero-order valence-corrected chi connectivity index (χ0v) is 9.78. The van der Waals surface area contributed by atoms with Crippen LogP contribution in [0.25, 0.3) is 0 Å². The van der Waals surface area contributed by atoms with Crippen LogP contribution < -0.4 is 10.5 Å². The van der Waals surface area contributed by atoms with Gasteiger partial charge in [-0.3, -0.25) is 0 Å². The number of likely N-dealkylation sites (N-methyl/N-ethyl adjacent to an activating group) is 1. The third kappa shape index (κ3) is 3.47. The van der Waals surface area contributed by atoms with Gasteiger partial charge in [-0.1, -0.05) is 0 Å². The van der Waals surface area contributed by atoms with E-state index < -0.39 is 0 Å². The molecule has 0 saturated heterocycles. The number of nitrogen functional groups attached to an aromatic ring is 1. The molecule has 1 heterocycles. The molecule has 14 heavy (non-hydrogen) atoms. The van der Waals surface area contributed by atoms with Crippen LogP contribution in [-0.4, -0.2) is 42.1 Å². The third-order valence-electron chi connectivity index (χ3n) is 1.51. The zero-order chi connectivity index (χ0) is 10.6. The standard InChI is InChI=1S/C8H13BrN4O/c1-13(2)3-4-14-7-6(9)5-11-8(10)12-7/h5H,3-4H2,1-2H3,(H2,10,11,12). The molecule has 5 nitrogen and oxygen atoms in total. The van der Waals surface area contributed by atoms with Crippen LogP contribution in [0.2, 0.25) is 0 Å². The molecule has 0 fully saturated rings. The van der Waals surface area contributed by atoms with Gasteiger partial charge in [-0.05, 0) is 30.0 Å². The number of halogens is 1. The van der Waals surface area contributed by atoms with E-state index >= 15 is 0 Å². The van der Waals surface area contributed by atoms with E-state index in [1.807, 2.05) is 19.0 Å². The maximum atomic E-state index is 5.43. The minimum absolute atomic E-state index is 0.216. The number of ether oxygens (including phenoxy) is 1. The first-order valence-electron chi connectivity index (χ1n) is 4.15. The maximum absolute atomic E-state index is 5.43. The molecule has 0 saturated carbocycles. The molecule has 1 aromatic rings. The lowest BCUT2D eigenvalue weighted by molar-refractivity contribution is 0.252. The molecule has 0 aliphatic rings. The van der Waals surface area contributed by atoms with Gasteiger partial charge in [-0.2, -0.15) is 4.98 Å². The maximum Gasteiger partial charge on any atom is 0.232 e. The fraction of sp³-hybridized carbons (Fsp3) is 0.500. The summed E-state index contributed by atoms with van der Waals surface area (Å²) in [6.45, 7) is 1.40. The molecule has 0 bridgehead atoms. The van der Waals surface area contributed by atoms with Crippen molar-refractivity contribution in [2.45, 2.75) is 0 Å². The third-order valence-corrected chi connectivity index (χ3v) is 2.05.